The zero-order chi connectivity index (χ0) is 19.7. The van der Waals surface area contributed by atoms with Gasteiger partial charge in [0.25, 0.3) is 0 Å². The number of rotatable bonds is 1. The molecule has 3 heteroatoms. The number of aromatic nitrogens is 1. The minimum Gasteiger partial charge on any atom is -0.264 e. The van der Waals surface area contributed by atoms with Crippen LogP contribution in [0.1, 0.15) is 0 Å². The van der Waals surface area contributed by atoms with Gasteiger partial charge in [0.15, 0.2) is 0 Å². The standard InChI is InChI=1S/C27H15NS2/c1-2-6-25-19(5-1)24-13-22-20(17-4-3-8-28-15-17)11-18-12-26-16(7-9-29-26)10-21(18)23(22)14-27(24)30-25/h1-15H. The summed E-state index contributed by atoms with van der Waals surface area (Å²) in [5, 5.41) is 11.4. The Hall–Kier alpha value is -3.27. The fourth-order valence-corrected chi connectivity index (χ4v) is 6.54. The summed E-state index contributed by atoms with van der Waals surface area (Å²) in [6.07, 6.45) is 3.81. The first-order valence-electron chi connectivity index (χ1n) is 9.94. The van der Waals surface area contributed by atoms with Gasteiger partial charge in [-0.3, -0.25) is 4.98 Å². The molecule has 0 radical (unpaired) electrons. The maximum atomic E-state index is 4.40. The zero-order valence-corrected chi connectivity index (χ0v) is 17.6. The van der Waals surface area contributed by atoms with Crippen molar-refractivity contribution in [1.29, 1.82) is 0 Å². The highest BCUT2D eigenvalue weighted by atomic mass is 32.1. The predicted octanol–water partition coefficient (Wildman–Crippen LogP) is 8.64. The fraction of sp³-hybridized carbons (Fsp3) is 0. The van der Waals surface area contributed by atoms with E-state index in [0.29, 0.717) is 0 Å². The number of thiophene rings is 2. The van der Waals surface area contributed by atoms with Gasteiger partial charge in [-0.05, 0) is 86.4 Å². The monoisotopic (exact) mass is 417 g/mol. The average Bonchev–Trinajstić information content (AvgIpc) is 3.40. The molecule has 140 valence electrons. The van der Waals surface area contributed by atoms with Gasteiger partial charge in [0, 0.05) is 42.8 Å². The van der Waals surface area contributed by atoms with Gasteiger partial charge < -0.3 is 0 Å². The normalized spacial score (nSPS) is 12.0. The van der Waals surface area contributed by atoms with Crippen LogP contribution in [0.25, 0.3) is 62.9 Å². The summed E-state index contributed by atoms with van der Waals surface area (Å²) in [6, 6.07) is 26.9. The number of benzene rings is 4. The molecule has 0 saturated heterocycles. The van der Waals surface area contributed by atoms with Gasteiger partial charge >= 0.3 is 0 Å². The SMILES string of the molecule is c1cncc(-c2cc3cc4sccc4cc3c3cc4sc5ccccc5c4cc23)c1. The van der Waals surface area contributed by atoms with Crippen LogP contribution in [0.3, 0.4) is 0 Å². The first-order chi connectivity index (χ1) is 14.8. The van der Waals surface area contributed by atoms with E-state index in [1.807, 2.05) is 29.8 Å². The summed E-state index contributed by atoms with van der Waals surface area (Å²) >= 11 is 3.69. The van der Waals surface area contributed by atoms with E-state index < -0.39 is 0 Å². The van der Waals surface area contributed by atoms with Crippen LogP contribution in [0.15, 0.2) is 90.6 Å². The molecule has 0 unspecified atom stereocenters. The lowest BCUT2D eigenvalue weighted by atomic mass is 9.92. The van der Waals surface area contributed by atoms with Gasteiger partial charge in [-0.2, -0.15) is 0 Å². The molecule has 0 aliphatic carbocycles. The van der Waals surface area contributed by atoms with Crippen LogP contribution in [0.2, 0.25) is 0 Å². The van der Waals surface area contributed by atoms with E-state index in [1.54, 1.807) is 11.3 Å². The topological polar surface area (TPSA) is 12.9 Å². The van der Waals surface area contributed by atoms with E-state index in [1.165, 1.54) is 57.4 Å². The molecule has 4 aromatic carbocycles. The average molecular weight is 418 g/mol. The van der Waals surface area contributed by atoms with Crippen molar-refractivity contribution in [2.75, 3.05) is 0 Å². The molecule has 0 bridgehead atoms. The smallest absolute Gasteiger partial charge is 0.0362 e. The molecule has 0 fully saturated rings. The highest BCUT2D eigenvalue weighted by Gasteiger charge is 2.14. The van der Waals surface area contributed by atoms with Crippen molar-refractivity contribution in [3.8, 4) is 11.1 Å². The minimum absolute atomic E-state index is 1.16. The Morgan fingerprint density at radius 2 is 1.57 bits per heavy atom. The van der Waals surface area contributed by atoms with E-state index in [4.69, 9.17) is 0 Å². The lowest BCUT2D eigenvalue weighted by Crippen LogP contribution is -1.86. The molecule has 0 amide bonds. The summed E-state index contributed by atoms with van der Waals surface area (Å²) in [5.41, 5.74) is 2.41. The summed E-state index contributed by atoms with van der Waals surface area (Å²) in [5.74, 6) is 0. The molecule has 3 aromatic heterocycles. The number of hydrogen-bond donors (Lipinski definition) is 0. The van der Waals surface area contributed by atoms with E-state index >= 15 is 0 Å². The summed E-state index contributed by atoms with van der Waals surface area (Å²) in [6.45, 7) is 0. The Labute approximate surface area is 180 Å². The lowest BCUT2D eigenvalue weighted by Gasteiger charge is -2.12. The van der Waals surface area contributed by atoms with Crippen LogP contribution in [-0.4, -0.2) is 4.98 Å². The van der Waals surface area contributed by atoms with Gasteiger partial charge in [0.05, 0.1) is 0 Å². The van der Waals surface area contributed by atoms with Crippen molar-refractivity contribution in [2.45, 2.75) is 0 Å². The molecule has 7 aromatic rings. The van der Waals surface area contributed by atoms with Gasteiger partial charge in [0.1, 0.15) is 0 Å². The summed E-state index contributed by atoms with van der Waals surface area (Å²) in [4.78, 5) is 4.40. The number of hydrogen-bond acceptors (Lipinski definition) is 3. The van der Waals surface area contributed by atoms with Crippen molar-refractivity contribution in [3.63, 3.8) is 0 Å². The number of nitrogens with zero attached hydrogens (tertiary/aromatic N) is 1. The van der Waals surface area contributed by atoms with Crippen molar-refractivity contribution < 1.29 is 0 Å². The molecule has 0 aliphatic heterocycles. The molecule has 0 atom stereocenters. The Morgan fingerprint density at radius 3 is 2.50 bits per heavy atom. The molecule has 0 N–H and O–H groups in total. The van der Waals surface area contributed by atoms with E-state index in [-0.39, 0.29) is 0 Å². The van der Waals surface area contributed by atoms with Gasteiger partial charge in [-0.1, -0.05) is 24.3 Å². The van der Waals surface area contributed by atoms with E-state index in [0.717, 1.165) is 5.56 Å². The highest BCUT2D eigenvalue weighted by molar-refractivity contribution is 7.25. The van der Waals surface area contributed by atoms with Crippen molar-refractivity contribution in [2.24, 2.45) is 0 Å². The summed E-state index contributed by atoms with van der Waals surface area (Å²) < 4.78 is 4.02. The third-order valence-corrected chi connectivity index (χ3v) is 8.01. The first kappa shape index (κ1) is 16.5. The van der Waals surface area contributed by atoms with Gasteiger partial charge in [-0.15, -0.1) is 22.7 Å². The minimum atomic E-state index is 1.16. The van der Waals surface area contributed by atoms with Crippen molar-refractivity contribution in [3.05, 3.63) is 90.6 Å². The quantitative estimate of drug-likeness (QED) is 0.244. The second-order valence-electron chi connectivity index (χ2n) is 7.69. The van der Waals surface area contributed by atoms with Crippen LogP contribution in [0.4, 0.5) is 0 Å². The molecular formula is C27H15NS2. The van der Waals surface area contributed by atoms with Crippen LogP contribution < -0.4 is 0 Å². The lowest BCUT2D eigenvalue weighted by molar-refractivity contribution is 1.33. The zero-order valence-electron chi connectivity index (χ0n) is 15.9. The van der Waals surface area contributed by atoms with E-state index in [9.17, 15) is 0 Å². The molecular weight excluding hydrogens is 402 g/mol. The third kappa shape index (κ3) is 2.30. The van der Waals surface area contributed by atoms with Crippen molar-refractivity contribution in [1.82, 2.24) is 4.98 Å². The Morgan fingerprint density at radius 1 is 0.600 bits per heavy atom. The predicted molar refractivity (Wildman–Crippen MR) is 133 cm³/mol. The maximum absolute atomic E-state index is 4.40. The van der Waals surface area contributed by atoms with E-state index in [2.05, 4.69) is 77.1 Å². The van der Waals surface area contributed by atoms with Crippen LogP contribution in [-0.2, 0) is 0 Å². The van der Waals surface area contributed by atoms with Crippen LogP contribution in [0, 0.1) is 0 Å². The Balaban J connectivity index is 1.72. The number of fused-ring (bicyclic) bond motifs is 7. The Kier molecular flexibility index (Phi) is 3.37. The van der Waals surface area contributed by atoms with Gasteiger partial charge in [-0.25, -0.2) is 0 Å². The van der Waals surface area contributed by atoms with Crippen LogP contribution in [0.5, 0.6) is 0 Å². The largest absolute Gasteiger partial charge is 0.264 e. The maximum Gasteiger partial charge on any atom is 0.0362 e. The summed E-state index contributed by atoms with van der Waals surface area (Å²) in [7, 11) is 0. The Bertz CT molecular complexity index is 1740. The molecule has 0 saturated carbocycles. The molecule has 0 aliphatic rings. The first-order valence-corrected chi connectivity index (χ1v) is 11.6. The highest BCUT2D eigenvalue weighted by Crippen LogP contribution is 2.42. The second kappa shape index (κ2) is 6.11. The van der Waals surface area contributed by atoms with Gasteiger partial charge in [0.2, 0.25) is 0 Å². The molecule has 1 nitrogen and oxygen atoms in total. The third-order valence-electron chi connectivity index (χ3n) is 5.99. The second-order valence-corrected chi connectivity index (χ2v) is 9.72. The number of pyridine rings is 1. The molecule has 0 spiro atoms. The molecule has 30 heavy (non-hydrogen) atoms. The van der Waals surface area contributed by atoms with Crippen molar-refractivity contribution >= 4 is 74.5 Å². The molecule has 7 rings (SSSR count). The fourth-order valence-electron chi connectivity index (χ4n) is 4.59. The van der Waals surface area contributed by atoms with Crippen LogP contribution >= 0.6 is 22.7 Å². The molecule has 3 heterocycles.